The van der Waals surface area contributed by atoms with Crippen molar-refractivity contribution in [2.45, 2.75) is 12.2 Å². The topological polar surface area (TPSA) is 98.5 Å². The van der Waals surface area contributed by atoms with E-state index in [4.69, 9.17) is 21.9 Å². The minimum Gasteiger partial charge on any atom is -0.496 e. The van der Waals surface area contributed by atoms with Gasteiger partial charge in [-0.05, 0) is 17.7 Å². The highest BCUT2D eigenvalue weighted by atomic mass is 35.5. The first-order valence-electron chi connectivity index (χ1n) is 4.80. The van der Waals surface area contributed by atoms with E-state index in [9.17, 15) is 10.2 Å². The zero-order valence-corrected chi connectivity index (χ0v) is 9.87. The Hall–Kier alpha value is -1.46. The third-order valence-corrected chi connectivity index (χ3v) is 2.45. The minimum absolute atomic E-state index is 0.219. The van der Waals surface area contributed by atoms with Gasteiger partial charge in [-0.25, -0.2) is 0 Å². The van der Waals surface area contributed by atoms with Gasteiger partial charge in [0, 0.05) is 15.5 Å². The van der Waals surface area contributed by atoms with Gasteiger partial charge in [0.1, 0.15) is 11.9 Å². The number of nitrogens with zero attached hydrogens (tertiary/aromatic N) is 3. The summed E-state index contributed by atoms with van der Waals surface area (Å²) in [6.45, 7) is -0.219. The summed E-state index contributed by atoms with van der Waals surface area (Å²) in [6.07, 6.45) is -2.39. The lowest BCUT2D eigenvalue weighted by Crippen LogP contribution is -2.21. The molecule has 0 aliphatic carbocycles. The molecule has 0 saturated carbocycles. The molecular formula is C10H12ClN3O3. The molecule has 0 saturated heterocycles. The summed E-state index contributed by atoms with van der Waals surface area (Å²) in [7, 11) is 1.43. The van der Waals surface area contributed by atoms with Gasteiger partial charge in [-0.15, -0.1) is 0 Å². The zero-order valence-electron chi connectivity index (χ0n) is 9.12. The monoisotopic (exact) mass is 257 g/mol. The minimum atomic E-state index is -1.20. The van der Waals surface area contributed by atoms with Crippen LogP contribution in [0.1, 0.15) is 11.7 Å². The maximum Gasteiger partial charge on any atom is 0.126 e. The van der Waals surface area contributed by atoms with Gasteiger partial charge in [0.05, 0.1) is 19.8 Å². The molecule has 0 bridgehead atoms. The normalized spacial score (nSPS) is 13.6. The molecule has 0 aliphatic heterocycles. The van der Waals surface area contributed by atoms with Crippen molar-refractivity contribution in [2.24, 2.45) is 5.11 Å². The van der Waals surface area contributed by atoms with E-state index in [2.05, 4.69) is 10.0 Å². The average molecular weight is 258 g/mol. The van der Waals surface area contributed by atoms with Crippen LogP contribution in [0, 0.1) is 0 Å². The van der Waals surface area contributed by atoms with Crippen molar-refractivity contribution in [3.05, 3.63) is 39.2 Å². The van der Waals surface area contributed by atoms with E-state index in [1.807, 2.05) is 0 Å². The number of hydrogen-bond acceptors (Lipinski definition) is 4. The second-order valence-electron chi connectivity index (χ2n) is 3.31. The van der Waals surface area contributed by atoms with Gasteiger partial charge in [-0.3, -0.25) is 0 Å². The standard InChI is InChI=1S/C10H12ClN3O3/c1-17-9-4-6(11)2-3-7(9)10(16)8(15)5-13-14-12/h2-4,8,10,15-16H,5H2,1H3. The molecule has 92 valence electrons. The Balaban J connectivity index is 2.94. The molecule has 0 aromatic heterocycles. The van der Waals surface area contributed by atoms with E-state index >= 15 is 0 Å². The number of aliphatic hydroxyl groups is 2. The summed E-state index contributed by atoms with van der Waals surface area (Å²) in [5.74, 6) is 0.366. The molecule has 0 heterocycles. The molecule has 6 nitrogen and oxygen atoms in total. The lowest BCUT2D eigenvalue weighted by Gasteiger charge is -2.18. The first-order chi connectivity index (χ1) is 8.10. The van der Waals surface area contributed by atoms with Gasteiger partial charge in [0.25, 0.3) is 0 Å². The van der Waals surface area contributed by atoms with Crippen molar-refractivity contribution in [3.8, 4) is 5.75 Å². The number of hydrogen-bond donors (Lipinski definition) is 2. The molecule has 2 N–H and O–H groups in total. The molecule has 17 heavy (non-hydrogen) atoms. The third kappa shape index (κ3) is 3.51. The second kappa shape index (κ2) is 6.32. The summed E-state index contributed by atoms with van der Waals surface area (Å²) >= 11 is 5.77. The van der Waals surface area contributed by atoms with Gasteiger partial charge < -0.3 is 14.9 Å². The Labute approximate surface area is 103 Å². The molecule has 0 spiro atoms. The Morgan fingerprint density at radius 1 is 1.53 bits per heavy atom. The highest BCUT2D eigenvalue weighted by molar-refractivity contribution is 6.30. The number of ether oxygens (including phenoxy) is 1. The molecule has 0 amide bonds. The van der Waals surface area contributed by atoms with Crippen molar-refractivity contribution >= 4 is 11.6 Å². The van der Waals surface area contributed by atoms with Crippen molar-refractivity contribution in [3.63, 3.8) is 0 Å². The molecule has 2 unspecified atom stereocenters. The molecule has 0 fully saturated rings. The van der Waals surface area contributed by atoms with Gasteiger partial charge in [-0.2, -0.15) is 0 Å². The van der Waals surface area contributed by atoms with E-state index in [0.29, 0.717) is 16.3 Å². The molecule has 1 aromatic rings. The maximum atomic E-state index is 9.86. The van der Waals surface area contributed by atoms with Crippen LogP contribution < -0.4 is 4.74 Å². The number of benzene rings is 1. The summed E-state index contributed by atoms with van der Waals surface area (Å²) in [6, 6.07) is 4.65. The summed E-state index contributed by atoms with van der Waals surface area (Å²) in [5.41, 5.74) is 8.51. The number of rotatable bonds is 5. The second-order valence-corrected chi connectivity index (χ2v) is 3.75. The van der Waals surface area contributed by atoms with E-state index in [0.717, 1.165) is 0 Å². The predicted octanol–water partition coefficient (Wildman–Crippen LogP) is 2.05. The number of azide groups is 1. The van der Waals surface area contributed by atoms with Gasteiger partial charge in [0.15, 0.2) is 0 Å². The Bertz CT molecular complexity index is 435. The van der Waals surface area contributed by atoms with Crippen molar-refractivity contribution < 1.29 is 14.9 Å². The number of aliphatic hydroxyl groups excluding tert-OH is 2. The third-order valence-electron chi connectivity index (χ3n) is 2.21. The van der Waals surface area contributed by atoms with Crippen LogP contribution in [0.5, 0.6) is 5.75 Å². The molecule has 0 aliphatic rings. The van der Waals surface area contributed by atoms with Gasteiger partial charge in [-0.1, -0.05) is 22.8 Å². The van der Waals surface area contributed by atoms with E-state index in [1.165, 1.54) is 13.2 Å². The van der Waals surface area contributed by atoms with Crippen LogP contribution in [0.25, 0.3) is 10.4 Å². The lowest BCUT2D eigenvalue weighted by molar-refractivity contribution is 0.0230. The zero-order chi connectivity index (χ0) is 12.8. The van der Waals surface area contributed by atoms with Crippen LogP contribution in [0.2, 0.25) is 5.02 Å². The smallest absolute Gasteiger partial charge is 0.126 e. The first-order valence-corrected chi connectivity index (χ1v) is 5.18. The quantitative estimate of drug-likeness (QED) is 0.480. The molecule has 7 heteroatoms. The molecule has 1 rings (SSSR count). The molecular weight excluding hydrogens is 246 g/mol. The Morgan fingerprint density at radius 2 is 2.24 bits per heavy atom. The summed E-state index contributed by atoms with van der Waals surface area (Å²) < 4.78 is 5.04. The number of halogens is 1. The van der Waals surface area contributed by atoms with Crippen LogP contribution >= 0.6 is 11.6 Å². The van der Waals surface area contributed by atoms with E-state index in [1.54, 1.807) is 12.1 Å². The van der Waals surface area contributed by atoms with Gasteiger partial charge >= 0.3 is 0 Å². The van der Waals surface area contributed by atoms with Crippen LogP contribution in [-0.4, -0.2) is 30.0 Å². The first kappa shape index (κ1) is 13.6. The fraction of sp³-hybridized carbons (Fsp3) is 0.400. The van der Waals surface area contributed by atoms with E-state index in [-0.39, 0.29) is 6.54 Å². The van der Waals surface area contributed by atoms with Crippen molar-refractivity contribution in [1.82, 2.24) is 0 Å². The lowest BCUT2D eigenvalue weighted by atomic mass is 10.0. The van der Waals surface area contributed by atoms with Crippen molar-refractivity contribution in [2.75, 3.05) is 13.7 Å². The van der Waals surface area contributed by atoms with Crippen LogP contribution in [0.3, 0.4) is 0 Å². The summed E-state index contributed by atoms with van der Waals surface area (Å²) in [5, 5.41) is 23.1. The van der Waals surface area contributed by atoms with Gasteiger partial charge in [0.2, 0.25) is 0 Å². The van der Waals surface area contributed by atoms with E-state index < -0.39 is 12.2 Å². The van der Waals surface area contributed by atoms with Crippen LogP contribution in [0.4, 0.5) is 0 Å². The molecule has 1 aromatic carbocycles. The Kier molecular flexibility index (Phi) is 5.06. The van der Waals surface area contributed by atoms with Crippen LogP contribution in [0.15, 0.2) is 23.3 Å². The Morgan fingerprint density at radius 3 is 2.82 bits per heavy atom. The SMILES string of the molecule is COc1cc(Cl)ccc1C(O)C(O)CN=[N+]=[N-]. The average Bonchev–Trinajstić information content (AvgIpc) is 2.34. The fourth-order valence-corrected chi connectivity index (χ4v) is 1.52. The fourth-order valence-electron chi connectivity index (χ4n) is 1.36. The highest BCUT2D eigenvalue weighted by Crippen LogP contribution is 2.30. The molecule has 2 atom stereocenters. The summed E-state index contributed by atoms with van der Waals surface area (Å²) in [4.78, 5) is 2.51. The maximum absolute atomic E-state index is 9.86. The largest absolute Gasteiger partial charge is 0.496 e. The van der Waals surface area contributed by atoms with Crippen LogP contribution in [-0.2, 0) is 0 Å². The highest BCUT2D eigenvalue weighted by Gasteiger charge is 2.21. The predicted molar refractivity (Wildman–Crippen MR) is 63.0 cm³/mol. The molecule has 0 radical (unpaired) electrons. The van der Waals surface area contributed by atoms with Crippen molar-refractivity contribution in [1.29, 1.82) is 0 Å². The number of methoxy groups -OCH3 is 1.